The third-order valence-corrected chi connectivity index (χ3v) is 4.85. The van der Waals surface area contributed by atoms with Gasteiger partial charge in [0, 0.05) is 30.5 Å². The van der Waals surface area contributed by atoms with Gasteiger partial charge in [-0.15, -0.1) is 0 Å². The summed E-state index contributed by atoms with van der Waals surface area (Å²) in [4.78, 5) is 24.5. The molecule has 7 heteroatoms. The quantitative estimate of drug-likeness (QED) is 0.296. The number of methoxy groups -OCH3 is 2. The first-order valence-electron chi connectivity index (χ1n) is 10.00. The summed E-state index contributed by atoms with van der Waals surface area (Å²) in [6.07, 6.45) is 0.690. The highest BCUT2D eigenvalue weighted by atomic mass is 16.5. The normalized spacial score (nSPS) is 11.8. The van der Waals surface area contributed by atoms with Gasteiger partial charge in [0.15, 0.2) is 6.61 Å². The Balaban J connectivity index is 1.76. The molecule has 1 atom stereocenters. The van der Waals surface area contributed by atoms with E-state index in [9.17, 15) is 9.59 Å². The molecule has 1 heterocycles. The van der Waals surface area contributed by atoms with Crippen molar-refractivity contribution in [1.29, 1.82) is 0 Å². The Kier molecular flexibility index (Phi) is 8.92. The SMILES string of the molecule is COCC(C)n1c(C)cc(C(=O)COC(=O)CCCOc2ccc(OC)cc2)c1C. The van der Waals surface area contributed by atoms with Gasteiger partial charge in [0.25, 0.3) is 0 Å². The molecule has 0 aliphatic rings. The lowest BCUT2D eigenvalue weighted by Crippen LogP contribution is -2.17. The fraction of sp³-hybridized carbons (Fsp3) is 0.478. The van der Waals surface area contributed by atoms with Crippen LogP contribution in [0.4, 0.5) is 0 Å². The zero-order chi connectivity index (χ0) is 22.1. The summed E-state index contributed by atoms with van der Waals surface area (Å²) in [6.45, 7) is 6.55. The van der Waals surface area contributed by atoms with Gasteiger partial charge in [-0.05, 0) is 57.5 Å². The van der Waals surface area contributed by atoms with Crippen molar-refractivity contribution in [1.82, 2.24) is 4.57 Å². The topological polar surface area (TPSA) is 76.0 Å². The van der Waals surface area contributed by atoms with E-state index < -0.39 is 5.97 Å². The number of hydrogen-bond donors (Lipinski definition) is 0. The zero-order valence-electron chi connectivity index (χ0n) is 18.4. The summed E-state index contributed by atoms with van der Waals surface area (Å²) in [5.74, 6) is 0.840. The van der Waals surface area contributed by atoms with E-state index in [2.05, 4.69) is 4.57 Å². The second-order valence-electron chi connectivity index (χ2n) is 7.17. The summed E-state index contributed by atoms with van der Waals surface area (Å²) in [6, 6.07) is 9.18. The molecule has 164 valence electrons. The molecule has 1 unspecified atom stereocenters. The smallest absolute Gasteiger partial charge is 0.306 e. The summed E-state index contributed by atoms with van der Waals surface area (Å²) in [5, 5.41) is 0. The van der Waals surface area contributed by atoms with E-state index in [0.29, 0.717) is 30.9 Å². The molecule has 0 bridgehead atoms. The van der Waals surface area contributed by atoms with Crippen LogP contribution in [0, 0.1) is 13.8 Å². The van der Waals surface area contributed by atoms with Crippen molar-refractivity contribution in [2.45, 2.75) is 39.7 Å². The molecule has 2 aromatic rings. The summed E-state index contributed by atoms with van der Waals surface area (Å²) < 4.78 is 23.1. The van der Waals surface area contributed by atoms with Crippen LogP contribution in [0.15, 0.2) is 30.3 Å². The van der Waals surface area contributed by atoms with Gasteiger partial charge in [-0.3, -0.25) is 9.59 Å². The third kappa shape index (κ3) is 6.35. The molecule has 0 aliphatic carbocycles. The number of rotatable bonds is 12. The standard InChI is InChI=1S/C23H31NO6/c1-16-13-21(18(3)24(16)17(2)14-27-4)22(25)15-30-23(26)7-6-12-29-20-10-8-19(28-5)9-11-20/h8-11,13,17H,6-7,12,14-15H2,1-5H3. The Bertz CT molecular complexity index is 840. The first kappa shape index (κ1) is 23.5. The predicted octanol–water partition coefficient (Wildman–Crippen LogP) is 3.91. The first-order valence-corrected chi connectivity index (χ1v) is 10.00. The Labute approximate surface area is 177 Å². The molecular formula is C23H31NO6. The monoisotopic (exact) mass is 417 g/mol. The lowest BCUT2D eigenvalue weighted by atomic mass is 10.1. The summed E-state index contributed by atoms with van der Waals surface area (Å²) in [5.41, 5.74) is 2.40. The van der Waals surface area contributed by atoms with Gasteiger partial charge >= 0.3 is 5.97 Å². The van der Waals surface area contributed by atoms with Crippen LogP contribution in [-0.4, -0.2) is 50.4 Å². The highest BCUT2D eigenvalue weighted by Crippen LogP contribution is 2.21. The van der Waals surface area contributed by atoms with Crippen LogP contribution < -0.4 is 9.47 Å². The Morgan fingerprint density at radius 3 is 2.37 bits per heavy atom. The van der Waals surface area contributed by atoms with Gasteiger partial charge in [0.1, 0.15) is 11.5 Å². The maximum atomic E-state index is 12.5. The molecule has 2 rings (SSSR count). The Hall–Kier alpha value is -2.80. The fourth-order valence-electron chi connectivity index (χ4n) is 3.43. The maximum absolute atomic E-state index is 12.5. The van der Waals surface area contributed by atoms with Crippen molar-refractivity contribution in [3.63, 3.8) is 0 Å². The summed E-state index contributed by atoms with van der Waals surface area (Å²) >= 11 is 0. The molecule has 0 amide bonds. The predicted molar refractivity (Wildman–Crippen MR) is 114 cm³/mol. The van der Waals surface area contributed by atoms with E-state index in [1.807, 2.05) is 39.0 Å². The molecular weight excluding hydrogens is 386 g/mol. The number of aromatic nitrogens is 1. The van der Waals surface area contributed by atoms with Crippen molar-refractivity contribution in [3.05, 3.63) is 47.3 Å². The lowest BCUT2D eigenvalue weighted by Gasteiger charge is -2.17. The van der Waals surface area contributed by atoms with E-state index in [4.69, 9.17) is 18.9 Å². The van der Waals surface area contributed by atoms with Crippen LogP contribution in [0.2, 0.25) is 0 Å². The minimum atomic E-state index is -0.414. The van der Waals surface area contributed by atoms with Crippen molar-refractivity contribution < 1.29 is 28.5 Å². The van der Waals surface area contributed by atoms with Crippen LogP contribution >= 0.6 is 0 Å². The second kappa shape index (κ2) is 11.4. The number of esters is 1. The number of Topliss-reactive ketones (excluding diaryl/α,β-unsaturated/α-hetero) is 1. The number of nitrogens with zero attached hydrogens (tertiary/aromatic N) is 1. The number of carbonyl (C=O) groups is 2. The number of ether oxygens (including phenoxy) is 4. The van der Waals surface area contributed by atoms with Crippen molar-refractivity contribution in [2.75, 3.05) is 34.0 Å². The first-order chi connectivity index (χ1) is 14.4. The molecule has 0 fully saturated rings. The van der Waals surface area contributed by atoms with Crippen molar-refractivity contribution in [3.8, 4) is 11.5 Å². The van der Waals surface area contributed by atoms with Gasteiger partial charge in [-0.2, -0.15) is 0 Å². The number of ketones is 1. The average molecular weight is 418 g/mol. The van der Waals surface area contributed by atoms with Gasteiger partial charge in [0.05, 0.1) is 26.4 Å². The zero-order valence-corrected chi connectivity index (χ0v) is 18.4. The molecule has 0 N–H and O–H groups in total. The number of benzene rings is 1. The Morgan fingerprint density at radius 1 is 1.07 bits per heavy atom. The van der Waals surface area contributed by atoms with Gasteiger partial charge < -0.3 is 23.5 Å². The number of carbonyl (C=O) groups excluding carboxylic acids is 2. The van der Waals surface area contributed by atoms with E-state index in [1.165, 1.54) is 0 Å². The van der Waals surface area contributed by atoms with Crippen LogP contribution in [0.5, 0.6) is 11.5 Å². The maximum Gasteiger partial charge on any atom is 0.306 e. The third-order valence-electron chi connectivity index (χ3n) is 4.85. The van der Waals surface area contributed by atoms with E-state index in [0.717, 1.165) is 17.1 Å². The minimum absolute atomic E-state index is 0.116. The molecule has 0 spiro atoms. The molecule has 30 heavy (non-hydrogen) atoms. The molecule has 1 aromatic heterocycles. The largest absolute Gasteiger partial charge is 0.497 e. The molecule has 7 nitrogen and oxygen atoms in total. The van der Waals surface area contributed by atoms with Crippen molar-refractivity contribution >= 4 is 11.8 Å². The van der Waals surface area contributed by atoms with Crippen LogP contribution in [-0.2, 0) is 14.3 Å². The highest BCUT2D eigenvalue weighted by molar-refractivity contribution is 5.99. The molecule has 0 radical (unpaired) electrons. The molecule has 0 saturated heterocycles. The summed E-state index contributed by atoms with van der Waals surface area (Å²) in [7, 11) is 3.25. The van der Waals surface area contributed by atoms with E-state index in [-0.39, 0.29) is 24.9 Å². The van der Waals surface area contributed by atoms with Gasteiger partial charge in [0.2, 0.25) is 5.78 Å². The van der Waals surface area contributed by atoms with E-state index >= 15 is 0 Å². The van der Waals surface area contributed by atoms with E-state index in [1.54, 1.807) is 26.4 Å². The minimum Gasteiger partial charge on any atom is -0.497 e. The van der Waals surface area contributed by atoms with Gasteiger partial charge in [-0.1, -0.05) is 0 Å². The van der Waals surface area contributed by atoms with Crippen LogP contribution in [0.25, 0.3) is 0 Å². The lowest BCUT2D eigenvalue weighted by molar-refractivity contribution is -0.142. The number of aryl methyl sites for hydroxylation is 1. The fourth-order valence-corrected chi connectivity index (χ4v) is 3.43. The Morgan fingerprint density at radius 2 is 1.73 bits per heavy atom. The van der Waals surface area contributed by atoms with Crippen LogP contribution in [0.3, 0.4) is 0 Å². The second-order valence-corrected chi connectivity index (χ2v) is 7.17. The molecule has 0 aliphatic heterocycles. The molecule has 1 aromatic carbocycles. The highest BCUT2D eigenvalue weighted by Gasteiger charge is 2.19. The molecule has 0 saturated carbocycles. The average Bonchev–Trinajstić information content (AvgIpc) is 3.04. The number of hydrogen-bond acceptors (Lipinski definition) is 6. The van der Waals surface area contributed by atoms with Crippen molar-refractivity contribution in [2.24, 2.45) is 0 Å². The van der Waals surface area contributed by atoms with Gasteiger partial charge in [-0.25, -0.2) is 0 Å². The van der Waals surface area contributed by atoms with Crippen LogP contribution in [0.1, 0.15) is 47.6 Å².